The number of likely N-dealkylation sites (N-methyl/N-ethyl adjacent to an activating group) is 1. The summed E-state index contributed by atoms with van der Waals surface area (Å²) < 4.78 is 17.3. The maximum absolute atomic E-state index is 14.8. The molecule has 0 radical (unpaired) electrons. The third-order valence-corrected chi connectivity index (χ3v) is 13.7. The van der Waals surface area contributed by atoms with Crippen LogP contribution >= 0.6 is 34.9 Å². The molecule has 23 heteroatoms. The average molecular weight is 957 g/mol. The number of rotatable bonds is 16. The van der Waals surface area contributed by atoms with Gasteiger partial charge < -0.3 is 35.1 Å². The number of amides is 7. The monoisotopic (exact) mass is 956 g/mol. The Morgan fingerprint density at radius 2 is 1.56 bits per heavy atom. The van der Waals surface area contributed by atoms with Gasteiger partial charge >= 0.3 is 35.8 Å². The van der Waals surface area contributed by atoms with E-state index in [1.54, 1.807) is 61.0 Å². The van der Waals surface area contributed by atoms with E-state index in [1.165, 1.54) is 40.1 Å². The first kappa shape index (κ1) is 46.9. The number of aromatic nitrogens is 2. The van der Waals surface area contributed by atoms with Crippen LogP contribution in [0.2, 0.25) is 0 Å². The molecular formula is C43H40N8O12S3. The lowest BCUT2D eigenvalue weighted by molar-refractivity contribution is -0.164. The van der Waals surface area contributed by atoms with Gasteiger partial charge in [0.15, 0.2) is 21.9 Å². The number of imide groups is 1. The molecule has 2 fully saturated rings. The number of nitrogens with zero attached hydrogens (tertiary/aromatic N) is 5. The van der Waals surface area contributed by atoms with Gasteiger partial charge in [-0.2, -0.15) is 0 Å². The Kier molecular flexibility index (Phi) is 14.5. The third-order valence-electron chi connectivity index (χ3n) is 10.4. The van der Waals surface area contributed by atoms with Crippen molar-refractivity contribution in [2.75, 3.05) is 31.1 Å². The number of esters is 3. The van der Waals surface area contributed by atoms with Crippen LogP contribution in [0.25, 0.3) is 0 Å². The zero-order valence-electron chi connectivity index (χ0n) is 35.3. The van der Waals surface area contributed by atoms with Crippen LogP contribution in [0.4, 0.5) is 4.79 Å². The van der Waals surface area contributed by atoms with Gasteiger partial charge in [0.2, 0.25) is 18.0 Å². The molecule has 342 valence electrons. The minimum Gasteiger partial charge on any atom is -0.448 e. The van der Waals surface area contributed by atoms with Crippen LogP contribution in [0, 0.1) is 0 Å². The number of β-lactam (4-membered cyclic amide) rings is 1. The standard InChI is InChI=1S/C43H40N8O12S3/c1-4-49-17-18-50(37(57)36(49)56)41(60)46-32(28-15-16-30(61-24(2)53)31(19-28)62-25(3)54)35(55)47-43(44-22-52)39(59)51-33(29(20-64-40(43)51)21-65-42-48-45-23-66-42)38(58)63-34(26-11-7-5-8-12-26)27-13-9-6-10-14-27/h5-16,19,22-23,32,34,40H,4,17-18,20-21H2,1-3H3,(H,44,52)(H,46,60)(H,47,55)/t32?,40-,43-/m1/s1. The number of fused-ring (bicyclic) bond motifs is 1. The quantitative estimate of drug-likeness (QED) is 0.0278. The topological polar surface area (TPSA) is 253 Å². The molecule has 1 unspecified atom stereocenters. The molecule has 0 aliphatic carbocycles. The molecule has 1 aromatic heterocycles. The Balaban J connectivity index is 1.24. The molecule has 20 nitrogen and oxygen atoms in total. The first-order chi connectivity index (χ1) is 31.8. The average Bonchev–Trinajstić information content (AvgIpc) is 3.84. The maximum Gasteiger partial charge on any atom is 0.356 e. The summed E-state index contributed by atoms with van der Waals surface area (Å²) in [6.45, 7) is 3.81. The number of hydrogen-bond acceptors (Lipinski definition) is 17. The largest absolute Gasteiger partial charge is 0.448 e. The summed E-state index contributed by atoms with van der Waals surface area (Å²) in [6.07, 6.45) is -0.718. The Labute approximate surface area is 388 Å². The molecule has 0 bridgehead atoms. The summed E-state index contributed by atoms with van der Waals surface area (Å²) in [5.41, 5.74) is 0.838. The fourth-order valence-corrected chi connectivity index (χ4v) is 10.4. The molecule has 4 aromatic rings. The summed E-state index contributed by atoms with van der Waals surface area (Å²) in [5, 5.41) is 14.2. The number of ether oxygens (including phenoxy) is 3. The number of hydrogen-bond donors (Lipinski definition) is 3. The van der Waals surface area contributed by atoms with Gasteiger partial charge in [0.05, 0.1) is 0 Å². The van der Waals surface area contributed by atoms with Crippen molar-refractivity contribution in [2.45, 2.75) is 48.3 Å². The first-order valence-corrected chi connectivity index (χ1v) is 23.0. The van der Waals surface area contributed by atoms with Crippen LogP contribution in [0.15, 0.2) is 100.0 Å². The van der Waals surface area contributed by atoms with Gasteiger partial charge in [-0.1, -0.05) is 89.8 Å². The van der Waals surface area contributed by atoms with Crippen molar-refractivity contribution in [1.29, 1.82) is 0 Å². The van der Waals surface area contributed by atoms with Gasteiger partial charge in [-0.25, -0.2) is 9.59 Å². The Hall–Kier alpha value is -7.11. The lowest BCUT2D eigenvalue weighted by Gasteiger charge is -2.56. The van der Waals surface area contributed by atoms with E-state index in [-0.39, 0.29) is 60.3 Å². The van der Waals surface area contributed by atoms with Crippen LogP contribution in [-0.4, -0.2) is 121 Å². The third kappa shape index (κ3) is 9.77. The second-order valence-electron chi connectivity index (χ2n) is 14.6. The van der Waals surface area contributed by atoms with Gasteiger partial charge in [0, 0.05) is 45.0 Å². The molecule has 3 aliphatic heterocycles. The SMILES string of the molecule is CCN1CCN(C(=O)NC(C(=O)N[C@]2(NC=O)C(=O)N3C(C(=O)OC(c4ccccc4)c4ccccc4)=C(CSc4nncs4)CS[C@@H]32)c2ccc(OC(C)=O)c(OC(C)=O)c2)C(=O)C1=O. The van der Waals surface area contributed by atoms with Crippen molar-refractivity contribution in [3.8, 4) is 11.5 Å². The van der Waals surface area contributed by atoms with Gasteiger partial charge in [-0.05, 0) is 41.3 Å². The lowest BCUT2D eigenvalue weighted by Crippen LogP contribution is -2.85. The van der Waals surface area contributed by atoms with E-state index in [2.05, 4.69) is 26.1 Å². The van der Waals surface area contributed by atoms with Crippen LogP contribution < -0.4 is 25.4 Å². The molecular weight excluding hydrogens is 917 g/mol. The van der Waals surface area contributed by atoms with Crippen molar-refractivity contribution in [2.24, 2.45) is 0 Å². The summed E-state index contributed by atoms with van der Waals surface area (Å²) in [5.74, 6) is -6.96. The van der Waals surface area contributed by atoms with Crippen LogP contribution in [-0.2, 0) is 43.1 Å². The molecule has 7 rings (SSSR count). The fourth-order valence-electron chi connectivity index (χ4n) is 7.33. The second-order valence-corrected chi connectivity index (χ2v) is 17.7. The normalized spacial score (nSPS) is 18.5. The lowest BCUT2D eigenvalue weighted by atomic mass is 9.94. The molecule has 3 aromatic carbocycles. The molecule has 0 saturated carbocycles. The summed E-state index contributed by atoms with van der Waals surface area (Å²) in [6, 6.07) is 18.5. The highest BCUT2D eigenvalue weighted by molar-refractivity contribution is 8.01. The van der Waals surface area contributed by atoms with Crippen LogP contribution in [0.1, 0.15) is 49.6 Å². The highest BCUT2D eigenvalue weighted by Crippen LogP contribution is 2.47. The van der Waals surface area contributed by atoms with E-state index in [9.17, 15) is 43.2 Å². The predicted octanol–water partition coefficient (Wildman–Crippen LogP) is 2.68. The highest BCUT2D eigenvalue weighted by atomic mass is 32.2. The maximum atomic E-state index is 14.8. The van der Waals surface area contributed by atoms with E-state index in [0.29, 0.717) is 25.9 Å². The number of thioether (sulfide) groups is 2. The molecule has 0 spiro atoms. The van der Waals surface area contributed by atoms with Gasteiger partial charge in [-0.15, -0.1) is 22.0 Å². The number of carbonyl (C=O) groups is 9. The van der Waals surface area contributed by atoms with E-state index in [4.69, 9.17) is 14.2 Å². The van der Waals surface area contributed by atoms with Crippen molar-refractivity contribution in [3.05, 3.63) is 112 Å². The number of urea groups is 1. The zero-order valence-corrected chi connectivity index (χ0v) is 37.7. The Bertz CT molecular complexity index is 2560. The van der Waals surface area contributed by atoms with Crippen LogP contribution in [0.3, 0.4) is 0 Å². The smallest absolute Gasteiger partial charge is 0.356 e. The Morgan fingerprint density at radius 3 is 2.17 bits per heavy atom. The summed E-state index contributed by atoms with van der Waals surface area (Å²) in [7, 11) is 0. The molecule has 3 N–H and O–H groups in total. The second kappa shape index (κ2) is 20.4. The molecule has 7 amide bonds. The van der Waals surface area contributed by atoms with Crippen molar-refractivity contribution in [1.82, 2.24) is 40.8 Å². The van der Waals surface area contributed by atoms with E-state index < -0.39 is 70.8 Å². The fraction of sp³-hybridized carbons (Fsp3) is 0.279. The molecule has 3 aliphatic rings. The predicted molar refractivity (Wildman–Crippen MR) is 236 cm³/mol. The highest BCUT2D eigenvalue weighted by Gasteiger charge is 2.66. The van der Waals surface area contributed by atoms with Crippen molar-refractivity contribution < 1.29 is 57.4 Å². The van der Waals surface area contributed by atoms with Crippen LogP contribution in [0.5, 0.6) is 11.5 Å². The van der Waals surface area contributed by atoms with Crippen molar-refractivity contribution >= 4 is 88.8 Å². The number of benzene rings is 3. The van der Waals surface area contributed by atoms with E-state index in [1.807, 2.05) is 12.1 Å². The molecule has 3 atom stereocenters. The molecule has 2 saturated heterocycles. The minimum atomic E-state index is -2.25. The molecule has 4 heterocycles. The number of piperazine rings is 1. The Morgan fingerprint density at radius 1 is 0.894 bits per heavy atom. The van der Waals surface area contributed by atoms with Gasteiger partial charge in [-0.3, -0.25) is 43.4 Å². The van der Waals surface area contributed by atoms with Crippen molar-refractivity contribution in [3.63, 3.8) is 0 Å². The van der Waals surface area contributed by atoms with E-state index in [0.717, 1.165) is 36.6 Å². The summed E-state index contributed by atoms with van der Waals surface area (Å²) in [4.78, 5) is 123. The van der Waals surface area contributed by atoms with E-state index >= 15 is 0 Å². The van der Waals surface area contributed by atoms with Gasteiger partial charge in [0.25, 0.3) is 5.91 Å². The minimum absolute atomic E-state index is 0.00555. The molecule has 66 heavy (non-hydrogen) atoms. The first-order valence-electron chi connectivity index (χ1n) is 20.1. The number of carbonyl (C=O) groups excluding carboxylic acids is 9. The van der Waals surface area contributed by atoms with Gasteiger partial charge in [0.1, 0.15) is 22.6 Å². The zero-order chi connectivity index (χ0) is 47.1. The number of nitrogens with one attached hydrogen (secondary N) is 3. The summed E-state index contributed by atoms with van der Waals surface area (Å²) >= 11 is 3.68.